The Morgan fingerprint density at radius 1 is 1.00 bits per heavy atom. The largest absolute Gasteiger partial charge is 0.488 e. The molecular formula is C27H30N4O2S. The van der Waals surface area contributed by atoms with Crippen molar-refractivity contribution in [1.82, 2.24) is 19.5 Å². The summed E-state index contributed by atoms with van der Waals surface area (Å²) < 4.78 is 7.76. The molecule has 4 rings (SSSR count). The maximum Gasteiger partial charge on any atom is 0.261 e. The summed E-state index contributed by atoms with van der Waals surface area (Å²) in [5.41, 5.74) is 6.54. The Kier molecular flexibility index (Phi) is 6.66. The molecule has 0 aliphatic carbocycles. The van der Waals surface area contributed by atoms with Crippen LogP contribution in [0.15, 0.2) is 40.8 Å². The number of nitrogens with zero attached hydrogens (tertiary/aromatic N) is 4. The molecule has 0 atom stereocenters. The van der Waals surface area contributed by atoms with E-state index >= 15 is 0 Å². The third-order valence-corrected chi connectivity index (χ3v) is 6.74. The van der Waals surface area contributed by atoms with E-state index in [9.17, 15) is 4.79 Å². The van der Waals surface area contributed by atoms with E-state index in [1.165, 1.54) is 4.88 Å². The van der Waals surface area contributed by atoms with Crippen molar-refractivity contribution in [3.63, 3.8) is 0 Å². The van der Waals surface area contributed by atoms with E-state index in [0.717, 1.165) is 45.3 Å². The number of thiophene rings is 1. The van der Waals surface area contributed by atoms with E-state index in [2.05, 4.69) is 42.2 Å². The number of aryl methyl sites for hydroxylation is 4. The second-order valence-electron chi connectivity index (χ2n) is 9.04. The number of ether oxygens (including phenoxy) is 1. The molecule has 0 unspecified atom stereocenters. The van der Waals surface area contributed by atoms with Crippen LogP contribution < -0.4 is 10.3 Å². The van der Waals surface area contributed by atoms with Gasteiger partial charge in [-0.05, 0) is 63.3 Å². The van der Waals surface area contributed by atoms with Gasteiger partial charge in [-0.15, -0.1) is 11.3 Å². The molecule has 0 spiro atoms. The highest BCUT2D eigenvalue weighted by Gasteiger charge is 2.17. The van der Waals surface area contributed by atoms with Crippen molar-refractivity contribution in [2.75, 3.05) is 0 Å². The average Bonchev–Trinajstić information content (AvgIpc) is 3.22. The lowest BCUT2D eigenvalue weighted by atomic mass is 10.1. The smallest absolute Gasteiger partial charge is 0.261 e. The Balaban J connectivity index is 1.76. The van der Waals surface area contributed by atoms with Gasteiger partial charge in [0.2, 0.25) is 0 Å². The number of hydrogen-bond donors (Lipinski definition) is 0. The van der Waals surface area contributed by atoms with Crippen molar-refractivity contribution in [3.05, 3.63) is 85.0 Å². The summed E-state index contributed by atoms with van der Waals surface area (Å²) in [6.45, 7) is 14.3. The summed E-state index contributed by atoms with van der Waals surface area (Å²) in [7, 11) is 0. The SMILES string of the molecule is Cc1cc(COc2cc(C)n(-c3cc(-c4nc(C(C)C)ncc4C)ncc3C)c(=O)c2C)cs1. The van der Waals surface area contributed by atoms with Gasteiger partial charge < -0.3 is 4.74 Å². The highest BCUT2D eigenvalue weighted by atomic mass is 32.1. The Morgan fingerprint density at radius 2 is 1.74 bits per heavy atom. The van der Waals surface area contributed by atoms with Gasteiger partial charge in [-0.3, -0.25) is 14.3 Å². The van der Waals surface area contributed by atoms with Gasteiger partial charge in [0, 0.05) is 40.5 Å². The average molecular weight is 475 g/mol. The summed E-state index contributed by atoms with van der Waals surface area (Å²) in [5, 5.41) is 2.08. The van der Waals surface area contributed by atoms with Crippen LogP contribution in [0.2, 0.25) is 0 Å². The summed E-state index contributed by atoms with van der Waals surface area (Å²) >= 11 is 1.69. The van der Waals surface area contributed by atoms with E-state index < -0.39 is 0 Å². The zero-order chi connectivity index (χ0) is 24.6. The minimum Gasteiger partial charge on any atom is -0.488 e. The second-order valence-corrected chi connectivity index (χ2v) is 10.2. The number of aromatic nitrogens is 4. The highest BCUT2D eigenvalue weighted by Crippen LogP contribution is 2.26. The molecule has 0 amide bonds. The number of pyridine rings is 2. The molecule has 7 heteroatoms. The Hall–Kier alpha value is -3.32. The molecular weight excluding hydrogens is 444 g/mol. The number of rotatable bonds is 6. The van der Waals surface area contributed by atoms with Crippen molar-refractivity contribution in [3.8, 4) is 22.8 Å². The molecule has 0 saturated carbocycles. The molecule has 0 aliphatic heterocycles. The minimum absolute atomic E-state index is 0.0981. The van der Waals surface area contributed by atoms with Crippen LogP contribution in [-0.4, -0.2) is 19.5 Å². The topological polar surface area (TPSA) is 69.9 Å². The van der Waals surface area contributed by atoms with Gasteiger partial charge in [-0.2, -0.15) is 0 Å². The van der Waals surface area contributed by atoms with Crippen molar-refractivity contribution in [2.45, 2.75) is 61.0 Å². The zero-order valence-electron chi connectivity index (χ0n) is 20.8. The van der Waals surface area contributed by atoms with Crippen LogP contribution >= 0.6 is 11.3 Å². The van der Waals surface area contributed by atoms with Gasteiger partial charge in [0.1, 0.15) is 18.2 Å². The molecule has 0 bridgehead atoms. The van der Waals surface area contributed by atoms with Crippen LogP contribution in [0.4, 0.5) is 0 Å². The first kappa shape index (κ1) is 23.8. The van der Waals surface area contributed by atoms with Crippen molar-refractivity contribution < 1.29 is 4.74 Å². The summed E-state index contributed by atoms with van der Waals surface area (Å²) in [6.07, 6.45) is 3.63. The Bertz CT molecular complexity index is 1420. The van der Waals surface area contributed by atoms with Crippen molar-refractivity contribution >= 4 is 11.3 Å². The molecule has 0 aliphatic rings. The lowest BCUT2D eigenvalue weighted by molar-refractivity contribution is 0.303. The fourth-order valence-electron chi connectivity index (χ4n) is 3.86. The maximum absolute atomic E-state index is 13.5. The second kappa shape index (κ2) is 9.50. The molecule has 176 valence electrons. The molecule has 4 heterocycles. The summed E-state index contributed by atoms with van der Waals surface area (Å²) in [4.78, 5) is 28.6. The quantitative estimate of drug-likeness (QED) is 0.343. The van der Waals surface area contributed by atoms with Gasteiger partial charge in [-0.1, -0.05) is 13.8 Å². The third-order valence-electron chi connectivity index (χ3n) is 5.83. The van der Waals surface area contributed by atoms with E-state index in [1.807, 2.05) is 46.0 Å². The van der Waals surface area contributed by atoms with Crippen LogP contribution in [0.1, 0.15) is 58.4 Å². The standard InChI is InChI=1S/C27H30N4O2S/c1-15(2)26-29-12-17(4)25(30-26)22-10-23(16(3)11-28-22)31-18(5)8-24(20(7)27(31)32)33-13-21-9-19(6)34-14-21/h8-12,14-15H,13H2,1-7H3. The van der Waals surface area contributed by atoms with Gasteiger partial charge in [0.15, 0.2) is 0 Å². The minimum atomic E-state index is -0.0981. The summed E-state index contributed by atoms with van der Waals surface area (Å²) in [6, 6.07) is 5.98. The van der Waals surface area contributed by atoms with E-state index in [-0.39, 0.29) is 11.5 Å². The van der Waals surface area contributed by atoms with E-state index in [4.69, 9.17) is 9.72 Å². The lowest BCUT2D eigenvalue weighted by Crippen LogP contribution is -2.24. The van der Waals surface area contributed by atoms with E-state index in [0.29, 0.717) is 17.9 Å². The van der Waals surface area contributed by atoms with Gasteiger partial charge in [0.25, 0.3) is 5.56 Å². The van der Waals surface area contributed by atoms with Gasteiger partial charge >= 0.3 is 0 Å². The summed E-state index contributed by atoms with van der Waals surface area (Å²) in [5.74, 6) is 1.60. The monoisotopic (exact) mass is 474 g/mol. The molecule has 4 aromatic heterocycles. The molecule has 0 radical (unpaired) electrons. The Morgan fingerprint density at radius 3 is 2.41 bits per heavy atom. The lowest BCUT2D eigenvalue weighted by Gasteiger charge is -2.17. The van der Waals surface area contributed by atoms with Crippen LogP contribution in [0.3, 0.4) is 0 Å². The van der Waals surface area contributed by atoms with Crippen LogP contribution in [0.5, 0.6) is 5.75 Å². The Labute approximate surface area is 204 Å². The number of hydrogen-bond acceptors (Lipinski definition) is 6. The highest BCUT2D eigenvalue weighted by molar-refractivity contribution is 7.10. The first-order valence-corrected chi connectivity index (χ1v) is 12.2. The molecule has 0 aromatic carbocycles. The van der Waals surface area contributed by atoms with Crippen LogP contribution in [0, 0.1) is 34.6 Å². The van der Waals surface area contributed by atoms with Crippen molar-refractivity contribution in [1.29, 1.82) is 0 Å². The van der Waals surface area contributed by atoms with Crippen molar-refractivity contribution in [2.24, 2.45) is 0 Å². The predicted molar refractivity (Wildman–Crippen MR) is 137 cm³/mol. The van der Waals surface area contributed by atoms with Gasteiger partial charge in [-0.25, -0.2) is 9.97 Å². The van der Waals surface area contributed by atoms with E-state index in [1.54, 1.807) is 22.1 Å². The fourth-order valence-corrected chi connectivity index (χ4v) is 4.55. The zero-order valence-corrected chi connectivity index (χ0v) is 21.6. The molecule has 6 nitrogen and oxygen atoms in total. The van der Waals surface area contributed by atoms with Gasteiger partial charge in [0.05, 0.1) is 22.6 Å². The maximum atomic E-state index is 13.5. The third kappa shape index (κ3) is 4.66. The molecule has 0 saturated heterocycles. The predicted octanol–water partition coefficient (Wildman–Crippen LogP) is 6.00. The molecule has 0 N–H and O–H groups in total. The fraction of sp³-hybridized carbons (Fsp3) is 0.333. The normalized spacial score (nSPS) is 11.3. The molecule has 4 aromatic rings. The first-order chi connectivity index (χ1) is 16.2. The van der Waals surface area contributed by atoms with Crippen LogP contribution in [-0.2, 0) is 6.61 Å². The molecule has 34 heavy (non-hydrogen) atoms. The first-order valence-electron chi connectivity index (χ1n) is 11.4. The van der Waals surface area contributed by atoms with Crippen LogP contribution in [0.25, 0.3) is 17.1 Å². The molecule has 0 fully saturated rings.